The predicted octanol–water partition coefficient (Wildman–Crippen LogP) is 2.44. The third kappa shape index (κ3) is 4.07. The number of hydrogen-bond acceptors (Lipinski definition) is 4. The highest BCUT2D eigenvalue weighted by Gasteiger charge is 2.36. The van der Waals surface area contributed by atoms with Gasteiger partial charge in [0, 0.05) is 23.0 Å². The van der Waals surface area contributed by atoms with Gasteiger partial charge in [0.1, 0.15) is 5.75 Å². The minimum absolute atomic E-state index is 0.0502. The maximum atomic E-state index is 11.8. The van der Waals surface area contributed by atoms with Gasteiger partial charge in [0.2, 0.25) is 5.91 Å². The van der Waals surface area contributed by atoms with Crippen LogP contribution in [0.1, 0.15) is 25.7 Å². The molecule has 2 rings (SSSR count). The molecule has 1 aromatic carbocycles. The van der Waals surface area contributed by atoms with Gasteiger partial charge < -0.3 is 15.8 Å². The van der Waals surface area contributed by atoms with Crippen molar-refractivity contribution < 1.29 is 9.53 Å². The quantitative estimate of drug-likeness (QED) is 0.758. The molecule has 1 saturated carbocycles. The van der Waals surface area contributed by atoms with E-state index in [0.717, 1.165) is 6.54 Å². The zero-order chi connectivity index (χ0) is 14.4. The second kappa shape index (κ2) is 6.88. The normalized spacial score (nSPS) is 16.2. The molecule has 0 aliphatic heterocycles. The third-order valence-electron chi connectivity index (χ3n) is 3.76. The molecule has 1 aliphatic carbocycles. The number of nitrogen functional groups attached to an aromatic ring is 1. The Labute approximate surface area is 124 Å². The van der Waals surface area contributed by atoms with Crippen LogP contribution in [0.3, 0.4) is 0 Å². The Morgan fingerprint density at radius 2 is 2.30 bits per heavy atom. The maximum Gasteiger partial charge on any atom is 0.223 e. The first-order valence-electron chi connectivity index (χ1n) is 6.94. The summed E-state index contributed by atoms with van der Waals surface area (Å²) in [5.74, 6) is 0.756. The van der Waals surface area contributed by atoms with Crippen molar-refractivity contribution in [2.45, 2.75) is 30.4 Å². The summed E-state index contributed by atoms with van der Waals surface area (Å²) in [5, 5.41) is 3.01. The molecular weight excluding hydrogens is 272 g/mol. The van der Waals surface area contributed by atoms with Crippen LogP contribution in [0, 0.1) is 0 Å². The van der Waals surface area contributed by atoms with Crippen LogP contribution in [0.4, 0.5) is 5.69 Å². The number of ether oxygens (including phenoxy) is 1. The first-order chi connectivity index (χ1) is 9.63. The van der Waals surface area contributed by atoms with E-state index in [-0.39, 0.29) is 10.7 Å². The molecular formula is C15H22N2O2S. The third-order valence-corrected chi connectivity index (χ3v) is 5.18. The Bertz CT molecular complexity index is 455. The monoisotopic (exact) mass is 294 g/mol. The topological polar surface area (TPSA) is 64.3 Å². The average molecular weight is 294 g/mol. The van der Waals surface area contributed by atoms with Crippen LogP contribution in [0.25, 0.3) is 0 Å². The number of carbonyl (C=O) groups is 1. The molecule has 1 aromatic rings. The van der Waals surface area contributed by atoms with Crippen molar-refractivity contribution in [2.24, 2.45) is 0 Å². The zero-order valence-electron chi connectivity index (χ0n) is 11.9. The molecule has 3 N–H and O–H groups in total. The Balaban J connectivity index is 1.65. The summed E-state index contributed by atoms with van der Waals surface area (Å²) >= 11 is 1.86. The molecule has 0 spiro atoms. The molecule has 1 amide bonds. The fourth-order valence-electron chi connectivity index (χ4n) is 2.24. The fraction of sp³-hybridized carbons (Fsp3) is 0.533. The number of thioether (sulfide) groups is 1. The van der Waals surface area contributed by atoms with Gasteiger partial charge in [0.05, 0.1) is 13.0 Å². The number of benzene rings is 1. The van der Waals surface area contributed by atoms with Crippen LogP contribution in [0.2, 0.25) is 0 Å². The smallest absolute Gasteiger partial charge is 0.223 e. The lowest BCUT2D eigenvalue weighted by Crippen LogP contribution is -2.45. The second-order valence-corrected chi connectivity index (χ2v) is 6.46. The van der Waals surface area contributed by atoms with Crippen LogP contribution < -0.4 is 15.8 Å². The van der Waals surface area contributed by atoms with Crippen molar-refractivity contribution in [2.75, 3.05) is 25.1 Å². The molecule has 0 bridgehead atoms. The Morgan fingerprint density at radius 1 is 1.50 bits per heavy atom. The van der Waals surface area contributed by atoms with E-state index in [1.165, 1.54) is 19.3 Å². The second-order valence-electron chi connectivity index (χ2n) is 5.19. The molecule has 1 fully saturated rings. The molecule has 110 valence electrons. The molecule has 5 heteroatoms. The summed E-state index contributed by atoms with van der Waals surface area (Å²) in [4.78, 5) is 11.8. The molecule has 1 aliphatic rings. The van der Waals surface area contributed by atoms with Crippen LogP contribution >= 0.6 is 11.8 Å². The summed E-state index contributed by atoms with van der Waals surface area (Å²) in [6, 6.07) is 7.24. The van der Waals surface area contributed by atoms with Gasteiger partial charge in [0.15, 0.2) is 0 Å². The number of anilines is 1. The SMILES string of the molecule is CSC1(CNC(=O)CCOc2cccc(N)c2)CCC1. The molecule has 0 atom stereocenters. The fourth-order valence-corrected chi connectivity index (χ4v) is 3.15. The highest BCUT2D eigenvalue weighted by atomic mass is 32.2. The number of hydrogen-bond donors (Lipinski definition) is 2. The van der Waals surface area contributed by atoms with Gasteiger partial charge in [0.25, 0.3) is 0 Å². The van der Waals surface area contributed by atoms with E-state index < -0.39 is 0 Å². The van der Waals surface area contributed by atoms with Gasteiger partial charge in [-0.05, 0) is 31.2 Å². The van der Waals surface area contributed by atoms with E-state index in [9.17, 15) is 4.79 Å². The van der Waals surface area contributed by atoms with Gasteiger partial charge in [-0.3, -0.25) is 4.79 Å². The number of amides is 1. The largest absolute Gasteiger partial charge is 0.493 e. The van der Waals surface area contributed by atoms with Crippen molar-refractivity contribution in [3.8, 4) is 5.75 Å². The number of nitrogens with two attached hydrogens (primary N) is 1. The summed E-state index contributed by atoms with van der Waals surface area (Å²) < 4.78 is 5.79. The van der Waals surface area contributed by atoms with Crippen molar-refractivity contribution in [1.82, 2.24) is 5.32 Å². The predicted molar refractivity (Wildman–Crippen MR) is 84.1 cm³/mol. The van der Waals surface area contributed by atoms with Crippen molar-refractivity contribution in [3.05, 3.63) is 24.3 Å². The van der Waals surface area contributed by atoms with Crippen molar-refractivity contribution in [1.29, 1.82) is 0 Å². The zero-order valence-corrected chi connectivity index (χ0v) is 12.7. The number of carbonyl (C=O) groups excluding carboxylic acids is 1. The van der Waals surface area contributed by atoms with Gasteiger partial charge in [-0.1, -0.05) is 12.5 Å². The summed E-state index contributed by atoms with van der Waals surface area (Å²) in [5.41, 5.74) is 6.33. The van der Waals surface area contributed by atoms with E-state index in [1.807, 2.05) is 23.9 Å². The summed E-state index contributed by atoms with van der Waals surface area (Å²) in [7, 11) is 0. The first-order valence-corrected chi connectivity index (χ1v) is 8.16. The Morgan fingerprint density at radius 3 is 2.90 bits per heavy atom. The molecule has 0 aromatic heterocycles. The maximum absolute atomic E-state index is 11.8. The van der Waals surface area contributed by atoms with E-state index in [2.05, 4.69) is 11.6 Å². The van der Waals surface area contributed by atoms with Gasteiger partial charge >= 0.3 is 0 Å². The van der Waals surface area contributed by atoms with Crippen LogP contribution in [0.5, 0.6) is 5.75 Å². The lowest BCUT2D eigenvalue weighted by atomic mass is 9.84. The van der Waals surface area contributed by atoms with Crippen LogP contribution in [0.15, 0.2) is 24.3 Å². The lowest BCUT2D eigenvalue weighted by Gasteiger charge is -2.40. The lowest BCUT2D eigenvalue weighted by molar-refractivity contribution is -0.121. The molecule has 20 heavy (non-hydrogen) atoms. The molecule has 0 radical (unpaired) electrons. The van der Waals surface area contributed by atoms with E-state index >= 15 is 0 Å². The molecule has 0 unspecified atom stereocenters. The summed E-state index contributed by atoms with van der Waals surface area (Å²) in [6.45, 7) is 1.15. The standard InChI is InChI=1S/C15H22N2O2S/c1-20-15(7-3-8-15)11-17-14(18)6-9-19-13-5-2-4-12(16)10-13/h2,4-5,10H,3,6-9,11,16H2,1H3,(H,17,18). The Hall–Kier alpha value is -1.36. The average Bonchev–Trinajstić information content (AvgIpc) is 2.38. The molecule has 0 heterocycles. The highest BCUT2D eigenvalue weighted by Crippen LogP contribution is 2.42. The van der Waals surface area contributed by atoms with Crippen LogP contribution in [-0.2, 0) is 4.79 Å². The van der Waals surface area contributed by atoms with E-state index in [0.29, 0.717) is 24.5 Å². The van der Waals surface area contributed by atoms with Gasteiger partial charge in [-0.15, -0.1) is 0 Å². The van der Waals surface area contributed by atoms with Crippen molar-refractivity contribution >= 4 is 23.4 Å². The number of nitrogens with one attached hydrogen (secondary N) is 1. The number of rotatable bonds is 7. The first kappa shape index (κ1) is 15.0. The summed E-state index contributed by atoms with van der Waals surface area (Å²) in [6.07, 6.45) is 6.17. The minimum Gasteiger partial charge on any atom is -0.493 e. The minimum atomic E-state index is 0.0502. The van der Waals surface area contributed by atoms with Crippen molar-refractivity contribution in [3.63, 3.8) is 0 Å². The Kier molecular flexibility index (Phi) is 5.17. The van der Waals surface area contributed by atoms with Gasteiger partial charge in [-0.25, -0.2) is 0 Å². The van der Waals surface area contributed by atoms with E-state index in [1.54, 1.807) is 12.1 Å². The van der Waals surface area contributed by atoms with Crippen LogP contribution in [-0.4, -0.2) is 30.1 Å². The molecule has 0 saturated heterocycles. The van der Waals surface area contributed by atoms with E-state index in [4.69, 9.17) is 10.5 Å². The highest BCUT2D eigenvalue weighted by molar-refractivity contribution is 8.00. The van der Waals surface area contributed by atoms with Gasteiger partial charge in [-0.2, -0.15) is 11.8 Å². The molecule has 4 nitrogen and oxygen atoms in total.